The Bertz CT molecular complexity index is 324. The third-order valence-electron chi connectivity index (χ3n) is 5.61. The Morgan fingerprint density at radius 3 is 2.00 bits per heavy atom. The molecule has 0 spiro atoms. The standard InChI is InChI=1S/C16H26F3N/c17-16(18,19)13-4-2-6-15(10-13)20-14-5-1-3-12(9-14)11-7-8-11/h11-15,20H,1-10H2. The molecule has 3 rings (SSSR count). The first-order valence-corrected chi connectivity index (χ1v) is 8.35. The number of hydrogen-bond acceptors (Lipinski definition) is 1. The van der Waals surface area contributed by atoms with Crippen molar-refractivity contribution in [2.45, 2.75) is 82.5 Å². The fraction of sp³-hybridized carbons (Fsp3) is 1.00. The first kappa shape index (κ1) is 14.7. The van der Waals surface area contributed by atoms with Gasteiger partial charge in [-0.3, -0.25) is 0 Å². The summed E-state index contributed by atoms with van der Waals surface area (Å²) in [5.74, 6) is 0.716. The molecular weight excluding hydrogens is 263 g/mol. The molecule has 20 heavy (non-hydrogen) atoms. The molecule has 0 aromatic rings. The molecule has 1 N–H and O–H groups in total. The van der Waals surface area contributed by atoms with E-state index < -0.39 is 12.1 Å². The summed E-state index contributed by atoms with van der Waals surface area (Å²) in [6.45, 7) is 0. The molecule has 3 fully saturated rings. The summed E-state index contributed by atoms with van der Waals surface area (Å²) in [6, 6.07) is 0.574. The first-order chi connectivity index (χ1) is 9.52. The topological polar surface area (TPSA) is 12.0 Å². The molecule has 0 saturated heterocycles. The molecule has 3 aliphatic carbocycles. The monoisotopic (exact) mass is 289 g/mol. The zero-order valence-electron chi connectivity index (χ0n) is 12.1. The Hall–Kier alpha value is -0.250. The molecule has 1 nitrogen and oxygen atoms in total. The lowest BCUT2D eigenvalue weighted by Gasteiger charge is -2.37. The summed E-state index contributed by atoms with van der Waals surface area (Å²) < 4.78 is 38.5. The molecular formula is C16H26F3N. The van der Waals surface area contributed by atoms with E-state index in [0.717, 1.165) is 31.1 Å². The van der Waals surface area contributed by atoms with Gasteiger partial charge in [0.25, 0.3) is 0 Å². The van der Waals surface area contributed by atoms with Gasteiger partial charge in [0.15, 0.2) is 0 Å². The summed E-state index contributed by atoms with van der Waals surface area (Å²) in [6.07, 6.45) is 6.03. The molecule has 0 aromatic heterocycles. The second-order valence-electron chi connectivity index (χ2n) is 7.23. The van der Waals surface area contributed by atoms with Crippen molar-refractivity contribution in [2.75, 3.05) is 0 Å². The van der Waals surface area contributed by atoms with Gasteiger partial charge in [-0.1, -0.05) is 19.3 Å². The van der Waals surface area contributed by atoms with Gasteiger partial charge in [0, 0.05) is 12.1 Å². The van der Waals surface area contributed by atoms with E-state index in [2.05, 4.69) is 5.32 Å². The van der Waals surface area contributed by atoms with Crippen molar-refractivity contribution in [3.63, 3.8) is 0 Å². The molecule has 3 saturated carbocycles. The highest BCUT2D eigenvalue weighted by atomic mass is 19.4. The number of halogens is 3. The normalized spacial score (nSPS) is 39.8. The van der Waals surface area contributed by atoms with Crippen LogP contribution in [0.15, 0.2) is 0 Å². The molecule has 0 radical (unpaired) electrons. The Balaban J connectivity index is 1.49. The van der Waals surface area contributed by atoms with Crippen LogP contribution >= 0.6 is 0 Å². The Morgan fingerprint density at radius 1 is 0.700 bits per heavy atom. The molecule has 0 aromatic carbocycles. The van der Waals surface area contributed by atoms with E-state index in [4.69, 9.17) is 0 Å². The van der Waals surface area contributed by atoms with Crippen molar-refractivity contribution in [3.8, 4) is 0 Å². The number of alkyl halides is 3. The average molecular weight is 289 g/mol. The minimum atomic E-state index is -4.00. The molecule has 0 heterocycles. The van der Waals surface area contributed by atoms with Gasteiger partial charge in [-0.25, -0.2) is 0 Å². The zero-order chi connectivity index (χ0) is 14.2. The van der Waals surface area contributed by atoms with E-state index in [9.17, 15) is 13.2 Å². The smallest absolute Gasteiger partial charge is 0.311 e. The molecule has 0 amide bonds. The highest BCUT2D eigenvalue weighted by molar-refractivity contribution is 4.90. The largest absolute Gasteiger partial charge is 0.391 e. The van der Waals surface area contributed by atoms with E-state index in [1.165, 1.54) is 32.1 Å². The number of rotatable bonds is 3. The zero-order valence-corrected chi connectivity index (χ0v) is 12.1. The molecule has 3 aliphatic rings. The SMILES string of the molecule is FC(F)(F)C1CCCC(NC2CCCC(C3CC3)C2)C1. The average Bonchev–Trinajstić information content (AvgIpc) is 3.23. The second-order valence-corrected chi connectivity index (χ2v) is 7.23. The number of hydrogen-bond donors (Lipinski definition) is 1. The summed E-state index contributed by atoms with van der Waals surface area (Å²) >= 11 is 0. The minimum Gasteiger partial charge on any atom is -0.311 e. The van der Waals surface area contributed by atoms with Gasteiger partial charge < -0.3 is 5.32 Å². The minimum absolute atomic E-state index is 0.0957. The van der Waals surface area contributed by atoms with Crippen molar-refractivity contribution in [1.29, 1.82) is 0 Å². The van der Waals surface area contributed by atoms with Gasteiger partial charge in [-0.15, -0.1) is 0 Å². The van der Waals surface area contributed by atoms with Crippen molar-refractivity contribution in [1.82, 2.24) is 5.32 Å². The fourth-order valence-electron chi connectivity index (χ4n) is 4.35. The van der Waals surface area contributed by atoms with Crippen LogP contribution in [-0.2, 0) is 0 Å². The lowest BCUT2D eigenvalue weighted by Crippen LogP contribution is -2.45. The van der Waals surface area contributed by atoms with E-state index >= 15 is 0 Å². The summed E-state index contributed by atoms with van der Waals surface area (Å²) in [5, 5.41) is 3.57. The first-order valence-electron chi connectivity index (χ1n) is 8.35. The van der Waals surface area contributed by atoms with E-state index in [1.807, 2.05) is 0 Å². The van der Waals surface area contributed by atoms with Gasteiger partial charge in [-0.2, -0.15) is 13.2 Å². The maximum Gasteiger partial charge on any atom is 0.391 e. The maximum absolute atomic E-state index is 12.8. The van der Waals surface area contributed by atoms with Crippen LogP contribution in [0.3, 0.4) is 0 Å². The molecule has 4 atom stereocenters. The van der Waals surface area contributed by atoms with Crippen molar-refractivity contribution in [3.05, 3.63) is 0 Å². The van der Waals surface area contributed by atoms with Crippen LogP contribution in [0.2, 0.25) is 0 Å². The van der Waals surface area contributed by atoms with Gasteiger partial charge >= 0.3 is 6.18 Å². The predicted molar refractivity (Wildman–Crippen MR) is 73.4 cm³/mol. The molecule has 0 bridgehead atoms. The van der Waals surface area contributed by atoms with Crippen LogP contribution in [0.1, 0.15) is 64.2 Å². The Kier molecular flexibility index (Phi) is 4.30. The Labute approximate surface area is 119 Å². The quantitative estimate of drug-likeness (QED) is 0.796. The van der Waals surface area contributed by atoms with Crippen LogP contribution in [0, 0.1) is 17.8 Å². The highest BCUT2D eigenvalue weighted by Crippen LogP contribution is 2.44. The second kappa shape index (κ2) is 5.86. The van der Waals surface area contributed by atoms with E-state index in [-0.39, 0.29) is 6.04 Å². The number of nitrogens with one attached hydrogen (secondary N) is 1. The van der Waals surface area contributed by atoms with Crippen molar-refractivity contribution >= 4 is 0 Å². The van der Waals surface area contributed by atoms with Crippen LogP contribution < -0.4 is 5.32 Å². The van der Waals surface area contributed by atoms with E-state index in [1.54, 1.807) is 0 Å². The van der Waals surface area contributed by atoms with Crippen molar-refractivity contribution < 1.29 is 13.2 Å². The maximum atomic E-state index is 12.8. The third-order valence-corrected chi connectivity index (χ3v) is 5.61. The summed E-state index contributed by atoms with van der Waals surface area (Å²) in [7, 11) is 0. The summed E-state index contributed by atoms with van der Waals surface area (Å²) in [4.78, 5) is 0. The fourth-order valence-corrected chi connectivity index (χ4v) is 4.35. The van der Waals surface area contributed by atoms with Crippen LogP contribution in [0.5, 0.6) is 0 Å². The van der Waals surface area contributed by atoms with Gasteiger partial charge in [0.2, 0.25) is 0 Å². The van der Waals surface area contributed by atoms with E-state index in [0.29, 0.717) is 18.9 Å². The molecule has 4 heteroatoms. The summed E-state index contributed by atoms with van der Waals surface area (Å²) in [5.41, 5.74) is 0. The van der Waals surface area contributed by atoms with Crippen molar-refractivity contribution in [2.24, 2.45) is 17.8 Å². The predicted octanol–water partition coefficient (Wildman–Crippen LogP) is 4.67. The lowest BCUT2D eigenvalue weighted by atomic mass is 9.80. The van der Waals surface area contributed by atoms with Crippen LogP contribution in [-0.4, -0.2) is 18.3 Å². The molecule has 4 unspecified atom stereocenters. The van der Waals surface area contributed by atoms with Gasteiger partial charge in [0.05, 0.1) is 5.92 Å². The third kappa shape index (κ3) is 3.69. The highest BCUT2D eigenvalue weighted by Gasteiger charge is 2.43. The van der Waals surface area contributed by atoms with Crippen LogP contribution in [0.25, 0.3) is 0 Å². The Morgan fingerprint density at radius 2 is 1.35 bits per heavy atom. The lowest BCUT2D eigenvalue weighted by molar-refractivity contribution is -0.184. The van der Waals surface area contributed by atoms with Crippen LogP contribution in [0.4, 0.5) is 13.2 Å². The van der Waals surface area contributed by atoms with Gasteiger partial charge in [0.1, 0.15) is 0 Å². The molecule has 116 valence electrons. The molecule has 0 aliphatic heterocycles. The van der Waals surface area contributed by atoms with Gasteiger partial charge in [-0.05, 0) is 56.8 Å².